The van der Waals surface area contributed by atoms with Gasteiger partial charge in [0.2, 0.25) is 10.0 Å². The highest BCUT2D eigenvalue weighted by Crippen LogP contribution is 2.24. The Bertz CT molecular complexity index is 459. The van der Waals surface area contributed by atoms with Crippen molar-refractivity contribution in [2.75, 3.05) is 26.0 Å². The molecule has 1 aromatic rings. The molecule has 7 heteroatoms. The van der Waals surface area contributed by atoms with Crippen molar-refractivity contribution in [1.82, 2.24) is 4.72 Å². The van der Waals surface area contributed by atoms with Crippen molar-refractivity contribution in [2.45, 2.75) is 4.90 Å². The largest absolute Gasteiger partial charge is 0.495 e. The summed E-state index contributed by atoms with van der Waals surface area (Å²) in [5.74, 6) is 0.298. The molecule has 0 amide bonds. The third-order valence-corrected chi connectivity index (χ3v) is 3.38. The first-order valence-corrected chi connectivity index (χ1v) is 6.03. The van der Waals surface area contributed by atoms with Gasteiger partial charge in [0, 0.05) is 12.6 Å². The summed E-state index contributed by atoms with van der Waals surface area (Å²) in [7, 11) is -2.21. The van der Waals surface area contributed by atoms with Gasteiger partial charge in [-0.25, -0.2) is 13.1 Å². The van der Waals surface area contributed by atoms with E-state index in [0.29, 0.717) is 11.4 Å². The first kappa shape index (κ1) is 12.8. The van der Waals surface area contributed by atoms with Crippen LogP contribution in [0.4, 0.5) is 5.69 Å². The number of aliphatic hydroxyl groups is 1. The van der Waals surface area contributed by atoms with E-state index in [4.69, 9.17) is 15.6 Å². The highest BCUT2D eigenvalue weighted by atomic mass is 32.2. The van der Waals surface area contributed by atoms with E-state index in [1.165, 1.54) is 25.3 Å². The highest BCUT2D eigenvalue weighted by Gasteiger charge is 2.14. The maximum absolute atomic E-state index is 11.7. The van der Waals surface area contributed by atoms with Gasteiger partial charge in [0.15, 0.2) is 0 Å². The van der Waals surface area contributed by atoms with Crippen molar-refractivity contribution in [1.29, 1.82) is 0 Å². The van der Waals surface area contributed by atoms with Gasteiger partial charge in [0.25, 0.3) is 0 Å². The Morgan fingerprint density at radius 2 is 2.19 bits per heavy atom. The average molecular weight is 246 g/mol. The molecule has 16 heavy (non-hydrogen) atoms. The topological polar surface area (TPSA) is 102 Å². The number of benzene rings is 1. The van der Waals surface area contributed by atoms with Crippen LogP contribution in [0.1, 0.15) is 0 Å². The molecule has 6 nitrogen and oxygen atoms in total. The molecule has 0 aromatic heterocycles. The quantitative estimate of drug-likeness (QED) is 0.611. The number of nitrogens with one attached hydrogen (secondary N) is 1. The Balaban J connectivity index is 3.04. The van der Waals surface area contributed by atoms with Crippen LogP contribution in [0.25, 0.3) is 0 Å². The molecule has 0 saturated heterocycles. The van der Waals surface area contributed by atoms with Gasteiger partial charge in [-0.1, -0.05) is 0 Å². The normalized spacial score (nSPS) is 11.4. The molecular weight excluding hydrogens is 232 g/mol. The molecule has 4 N–H and O–H groups in total. The number of hydrogen-bond donors (Lipinski definition) is 3. The number of ether oxygens (including phenoxy) is 1. The van der Waals surface area contributed by atoms with E-state index in [-0.39, 0.29) is 18.0 Å². The first-order valence-electron chi connectivity index (χ1n) is 4.55. The lowest BCUT2D eigenvalue weighted by molar-refractivity contribution is 0.301. The minimum Gasteiger partial charge on any atom is -0.495 e. The van der Waals surface area contributed by atoms with Gasteiger partial charge >= 0.3 is 0 Å². The molecule has 0 aliphatic carbocycles. The van der Waals surface area contributed by atoms with Crippen LogP contribution in [-0.4, -0.2) is 33.8 Å². The zero-order chi connectivity index (χ0) is 12.2. The van der Waals surface area contributed by atoms with Crippen LogP contribution >= 0.6 is 0 Å². The predicted molar refractivity (Wildman–Crippen MR) is 59.7 cm³/mol. The van der Waals surface area contributed by atoms with Gasteiger partial charge in [0.1, 0.15) is 5.75 Å². The lowest BCUT2D eigenvalue weighted by atomic mass is 10.3. The zero-order valence-corrected chi connectivity index (χ0v) is 9.62. The standard InChI is InChI=1S/C9H14N2O4S/c1-15-9-6-7(2-3-8(9)10)16(13,14)11-4-5-12/h2-3,6,11-12H,4-5,10H2,1H3. The molecule has 1 rings (SSSR count). The molecule has 0 unspecified atom stereocenters. The number of anilines is 1. The van der Waals surface area contributed by atoms with E-state index < -0.39 is 10.0 Å². The Morgan fingerprint density at radius 1 is 1.50 bits per heavy atom. The third-order valence-electron chi connectivity index (χ3n) is 1.92. The summed E-state index contributed by atoms with van der Waals surface area (Å²) in [6, 6.07) is 4.15. The number of sulfonamides is 1. The molecule has 0 saturated carbocycles. The minimum atomic E-state index is -3.62. The number of methoxy groups -OCH3 is 1. The number of nitrogen functional groups attached to an aromatic ring is 1. The first-order chi connectivity index (χ1) is 7.51. The SMILES string of the molecule is COc1cc(S(=O)(=O)NCCO)ccc1N. The van der Waals surface area contributed by atoms with Crippen molar-refractivity contribution in [2.24, 2.45) is 0 Å². The number of rotatable bonds is 5. The fourth-order valence-corrected chi connectivity index (χ4v) is 2.16. The second-order valence-corrected chi connectivity index (χ2v) is 4.79. The molecular formula is C9H14N2O4S. The van der Waals surface area contributed by atoms with Gasteiger partial charge in [-0.3, -0.25) is 0 Å². The van der Waals surface area contributed by atoms with E-state index in [1.807, 2.05) is 0 Å². The van der Waals surface area contributed by atoms with Crippen LogP contribution in [0, 0.1) is 0 Å². The Kier molecular flexibility index (Phi) is 4.11. The van der Waals surface area contributed by atoms with Crippen molar-refractivity contribution >= 4 is 15.7 Å². The number of nitrogens with two attached hydrogens (primary N) is 1. The maximum atomic E-state index is 11.7. The van der Waals surface area contributed by atoms with E-state index in [9.17, 15) is 8.42 Å². The summed E-state index contributed by atoms with van der Waals surface area (Å²) in [5.41, 5.74) is 5.93. The van der Waals surface area contributed by atoms with Crippen molar-refractivity contribution < 1.29 is 18.3 Å². The van der Waals surface area contributed by atoms with Gasteiger partial charge in [-0.05, 0) is 12.1 Å². The molecule has 0 spiro atoms. The molecule has 1 aromatic carbocycles. The molecule has 0 fully saturated rings. The van der Waals surface area contributed by atoms with Crippen molar-refractivity contribution in [3.63, 3.8) is 0 Å². The lowest BCUT2D eigenvalue weighted by Gasteiger charge is -2.08. The summed E-state index contributed by atoms with van der Waals surface area (Å²) in [4.78, 5) is 0.0481. The summed E-state index contributed by atoms with van der Waals surface area (Å²) >= 11 is 0. The van der Waals surface area contributed by atoms with Crippen molar-refractivity contribution in [3.8, 4) is 5.75 Å². The smallest absolute Gasteiger partial charge is 0.240 e. The monoisotopic (exact) mass is 246 g/mol. The Morgan fingerprint density at radius 3 is 2.75 bits per heavy atom. The second-order valence-electron chi connectivity index (χ2n) is 3.03. The Hall–Kier alpha value is -1.31. The predicted octanol–water partition coefficient (Wildman–Crippen LogP) is -0.452. The van der Waals surface area contributed by atoms with Gasteiger partial charge in [0.05, 0.1) is 24.3 Å². The van der Waals surface area contributed by atoms with E-state index >= 15 is 0 Å². The maximum Gasteiger partial charge on any atom is 0.240 e. The zero-order valence-electron chi connectivity index (χ0n) is 8.80. The molecule has 0 heterocycles. The van der Waals surface area contributed by atoms with Crippen LogP contribution in [0.5, 0.6) is 5.75 Å². The van der Waals surface area contributed by atoms with Crippen LogP contribution in [-0.2, 0) is 10.0 Å². The lowest BCUT2D eigenvalue weighted by Crippen LogP contribution is -2.26. The summed E-state index contributed by atoms with van der Waals surface area (Å²) in [6.07, 6.45) is 0. The number of hydrogen-bond acceptors (Lipinski definition) is 5. The van der Waals surface area contributed by atoms with E-state index in [2.05, 4.69) is 4.72 Å². The third kappa shape index (κ3) is 2.84. The minimum absolute atomic E-state index is 0.0327. The van der Waals surface area contributed by atoms with Gasteiger partial charge in [-0.2, -0.15) is 0 Å². The number of aliphatic hydroxyl groups excluding tert-OH is 1. The van der Waals surface area contributed by atoms with Crippen LogP contribution in [0.2, 0.25) is 0 Å². The average Bonchev–Trinajstić information content (AvgIpc) is 2.27. The fraction of sp³-hybridized carbons (Fsp3) is 0.333. The highest BCUT2D eigenvalue weighted by molar-refractivity contribution is 7.89. The molecule has 0 radical (unpaired) electrons. The molecule has 0 aliphatic heterocycles. The Labute approximate surface area is 94.1 Å². The molecule has 0 bridgehead atoms. The van der Waals surface area contributed by atoms with E-state index in [1.54, 1.807) is 0 Å². The van der Waals surface area contributed by atoms with Gasteiger partial charge < -0.3 is 15.6 Å². The van der Waals surface area contributed by atoms with E-state index in [0.717, 1.165) is 0 Å². The van der Waals surface area contributed by atoms with Crippen LogP contribution in [0.3, 0.4) is 0 Å². The summed E-state index contributed by atoms with van der Waals surface area (Å²) < 4.78 is 30.4. The van der Waals surface area contributed by atoms with Crippen molar-refractivity contribution in [3.05, 3.63) is 18.2 Å². The molecule has 0 aliphatic rings. The van der Waals surface area contributed by atoms with Gasteiger partial charge in [-0.15, -0.1) is 0 Å². The molecule has 0 atom stereocenters. The van der Waals surface area contributed by atoms with Crippen LogP contribution in [0.15, 0.2) is 23.1 Å². The summed E-state index contributed by atoms with van der Waals surface area (Å²) in [5, 5.41) is 8.55. The summed E-state index contributed by atoms with van der Waals surface area (Å²) in [6.45, 7) is -0.291. The molecule has 90 valence electrons. The fourth-order valence-electron chi connectivity index (χ4n) is 1.12. The van der Waals surface area contributed by atoms with Crippen LogP contribution < -0.4 is 15.2 Å². The second kappa shape index (κ2) is 5.15.